The zero-order valence-electron chi connectivity index (χ0n) is 26.3. The summed E-state index contributed by atoms with van der Waals surface area (Å²) in [5.41, 5.74) is 0.408. The zero-order chi connectivity index (χ0) is 32.4. The highest BCUT2D eigenvalue weighted by molar-refractivity contribution is 7.92. The van der Waals surface area contributed by atoms with E-state index < -0.39 is 33.6 Å². The highest BCUT2D eigenvalue weighted by Crippen LogP contribution is 2.41. The molecule has 2 heterocycles. The van der Waals surface area contributed by atoms with Crippen molar-refractivity contribution >= 4 is 51.1 Å². The van der Waals surface area contributed by atoms with E-state index in [2.05, 4.69) is 15.3 Å². The van der Waals surface area contributed by atoms with Crippen LogP contribution in [0.1, 0.15) is 65.4 Å². The molecule has 44 heavy (non-hydrogen) atoms. The number of anilines is 4. The van der Waals surface area contributed by atoms with Gasteiger partial charge in [-0.2, -0.15) is 4.98 Å². The number of sulfonamides is 1. The lowest BCUT2D eigenvalue weighted by Crippen LogP contribution is -2.49. The Labute approximate surface area is 259 Å². The number of amides is 3. The number of carbonyl (C=O) groups is 3. The number of carboxylic acid groups (broad SMARTS) is 1. The molecule has 1 aromatic heterocycles. The fraction of sp³-hybridized carbons (Fsp3) is 0.567. The lowest BCUT2D eigenvalue weighted by molar-refractivity contribution is -0.137. The van der Waals surface area contributed by atoms with E-state index in [1.165, 1.54) is 11.1 Å². The molecule has 240 valence electrons. The number of likely N-dealkylation sites (N-methyl/N-ethyl adjacent to an activating group) is 1. The fourth-order valence-electron chi connectivity index (χ4n) is 6.20. The standard InChI is InChI=1S/C30H43N7O6S/c1-7-35(8-2)28-31-19-24(37(20(3)4)44(6,42)43)25(33-28)32-23(26(38)39)18-21-12-14-22(15-13-21)36-27(40)30(34(5)29(36)41)16-10-9-11-17-30/h12-15,19-20,23H,7-11,16-18H2,1-6H3,(H,38,39)(H,31,32,33)/t23-/m0/s1. The predicted octanol–water partition coefficient (Wildman–Crippen LogP) is 3.71. The maximum atomic E-state index is 13.5. The van der Waals surface area contributed by atoms with E-state index in [0.29, 0.717) is 43.1 Å². The van der Waals surface area contributed by atoms with Crippen LogP contribution >= 0.6 is 0 Å². The highest BCUT2D eigenvalue weighted by Gasteiger charge is 2.56. The third kappa shape index (κ3) is 6.30. The van der Waals surface area contributed by atoms with Gasteiger partial charge in [-0.05, 0) is 58.2 Å². The first-order chi connectivity index (χ1) is 20.7. The van der Waals surface area contributed by atoms with Crippen molar-refractivity contribution in [3.63, 3.8) is 0 Å². The molecule has 2 aromatic rings. The van der Waals surface area contributed by atoms with Gasteiger partial charge in [0.1, 0.15) is 17.3 Å². The van der Waals surface area contributed by atoms with Crippen LogP contribution < -0.4 is 19.4 Å². The van der Waals surface area contributed by atoms with Gasteiger partial charge in [0.15, 0.2) is 5.82 Å². The van der Waals surface area contributed by atoms with Crippen LogP contribution in [-0.4, -0.2) is 90.3 Å². The molecule has 0 bridgehead atoms. The highest BCUT2D eigenvalue weighted by atomic mass is 32.2. The number of benzene rings is 1. The molecule has 1 saturated heterocycles. The summed E-state index contributed by atoms with van der Waals surface area (Å²) in [6.07, 6.45) is 6.61. The van der Waals surface area contributed by atoms with Crippen molar-refractivity contribution in [3.05, 3.63) is 36.0 Å². The summed E-state index contributed by atoms with van der Waals surface area (Å²) in [4.78, 5) is 52.7. The first kappa shape index (κ1) is 33.0. The Kier molecular flexibility index (Phi) is 9.71. The van der Waals surface area contributed by atoms with Crippen LogP contribution in [-0.2, 0) is 26.0 Å². The molecular weight excluding hydrogens is 586 g/mol. The number of nitrogens with zero attached hydrogens (tertiary/aromatic N) is 6. The van der Waals surface area contributed by atoms with Gasteiger partial charge in [0.25, 0.3) is 5.91 Å². The van der Waals surface area contributed by atoms with Crippen molar-refractivity contribution in [2.24, 2.45) is 0 Å². The van der Waals surface area contributed by atoms with Crippen molar-refractivity contribution in [3.8, 4) is 0 Å². The van der Waals surface area contributed by atoms with E-state index >= 15 is 0 Å². The third-order valence-electron chi connectivity index (χ3n) is 8.51. The van der Waals surface area contributed by atoms with Gasteiger partial charge in [-0.15, -0.1) is 0 Å². The van der Waals surface area contributed by atoms with Crippen LogP contribution in [0.15, 0.2) is 30.5 Å². The van der Waals surface area contributed by atoms with Gasteiger partial charge in [-0.1, -0.05) is 31.4 Å². The van der Waals surface area contributed by atoms with E-state index in [-0.39, 0.29) is 29.9 Å². The molecule has 2 aliphatic rings. The number of aliphatic carboxylic acids is 1. The molecule has 13 nitrogen and oxygen atoms in total. The Balaban J connectivity index is 1.63. The van der Waals surface area contributed by atoms with E-state index in [9.17, 15) is 27.9 Å². The number of aromatic nitrogens is 2. The van der Waals surface area contributed by atoms with E-state index in [0.717, 1.165) is 29.8 Å². The van der Waals surface area contributed by atoms with Gasteiger partial charge in [0, 0.05) is 32.6 Å². The maximum absolute atomic E-state index is 13.5. The van der Waals surface area contributed by atoms with Gasteiger partial charge in [-0.3, -0.25) is 9.10 Å². The molecule has 2 N–H and O–H groups in total. The van der Waals surface area contributed by atoms with Crippen molar-refractivity contribution < 1.29 is 27.9 Å². The quantitative estimate of drug-likeness (QED) is 0.332. The Bertz CT molecular complexity index is 1490. The lowest BCUT2D eigenvalue weighted by Gasteiger charge is -2.35. The second kappa shape index (κ2) is 13.0. The van der Waals surface area contributed by atoms with E-state index in [4.69, 9.17) is 0 Å². The molecule has 1 aromatic carbocycles. The molecule has 14 heteroatoms. The molecular formula is C30H43N7O6S. The summed E-state index contributed by atoms with van der Waals surface area (Å²) in [5.74, 6) is -0.959. The Morgan fingerprint density at radius 1 is 1.09 bits per heavy atom. The summed E-state index contributed by atoms with van der Waals surface area (Å²) in [5, 5.41) is 13.1. The number of imide groups is 1. The van der Waals surface area contributed by atoms with Crippen molar-refractivity contribution in [1.29, 1.82) is 0 Å². The van der Waals surface area contributed by atoms with Crippen LogP contribution in [0.3, 0.4) is 0 Å². The van der Waals surface area contributed by atoms with Crippen molar-refractivity contribution in [2.45, 2.75) is 83.8 Å². The first-order valence-electron chi connectivity index (χ1n) is 15.1. The normalized spacial score (nSPS) is 17.3. The number of urea groups is 1. The topological polar surface area (TPSA) is 156 Å². The second-order valence-electron chi connectivity index (χ2n) is 11.7. The molecule has 1 spiro atoms. The Morgan fingerprint density at radius 2 is 1.70 bits per heavy atom. The molecule has 0 radical (unpaired) electrons. The number of hydrogen-bond donors (Lipinski definition) is 2. The minimum Gasteiger partial charge on any atom is -0.480 e. The molecule has 1 aliphatic heterocycles. The summed E-state index contributed by atoms with van der Waals surface area (Å²) < 4.78 is 26.6. The average molecular weight is 630 g/mol. The van der Waals surface area contributed by atoms with E-state index in [1.54, 1.807) is 50.1 Å². The first-order valence-corrected chi connectivity index (χ1v) is 16.9. The Hall–Kier alpha value is -3.94. The number of rotatable bonds is 12. The summed E-state index contributed by atoms with van der Waals surface area (Å²) >= 11 is 0. The van der Waals surface area contributed by atoms with Crippen LogP contribution in [0.4, 0.5) is 27.9 Å². The minimum atomic E-state index is -3.75. The van der Waals surface area contributed by atoms with Crippen molar-refractivity contribution in [1.82, 2.24) is 14.9 Å². The van der Waals surface area contributed by atoms with Gasteiger partial charge < -0.3 is 20.2 Å². The molecule has 1 saturated carbocycles. The largest absolute Gasteiger partial charge is 0.480 e. The lowest BCUT2D eigenvalue weighted by atomic mass is 9.80. The molecule has 0 unspecified atom stereocenters. The second-order valence-corrected chi connectivity index (χ2v) is 13.6. The van der Waals surface area contributed by atoms with Crippen molar-refractivity contribution in [2.75, 3.05) is 45.8 Å². The predicted molar refractivity (Wildman–Crippen MR) is 170 cm³/mol. The molecule has 3 amide bonds. The Morgan fingerprint density at radius 3 is 2.23 bits per heavy atom. The molecule has 1 aliphatic carbocycles. The molecule has 2 fully saturated rings. The molecule has 1 atom stereocenters. The van der Waals surface area contributed by atoms with Gasteiger partial charge in [-0.25, -0.2) is 27.9 Å². The number of hydrogen-bond acceptors (Lipinski definition) is 9. The smallest absolute Gasteiger partial charge is 0.332 e. The van der Waals surface area contributed by atoms with Crippen LogP contribution in [0.2, 0.25) is 0 Å². The minimum absolute atomic E-state index is 0.0198. The fourth-order valence-corrected chi connectivity index (χ4v) is 7.46. The number of carbonyl (C=O) groups excluding carboxylic acids is 2. The van der Waals surface area contributed by atoms with E-state index in [1.807, 2.05) is 18.7 Å². The van der Waals surface area contributed by atoms with Crippen LogP contribution in [0, 0.1) is 0 Å². The maximum Gasteiger partial charge on any atom is 0.332 e. The summed E-state index contributed by atoms with van der Waals surface area (Å²) in [7, 11) is -2.07. The van der Waals surface area contributed by atoms with Crippen LogP contribution in [0.5, 0.6) is 0 Å². The van der Waals surface area contributed by atoms with Gasteiger partial charge in [0.05, 0.1) is 18.1 Å². The number of nitrogens with one attached hydrogen (secondary N) is 1. The van der Waals surface area contributed by atoms with Gasteiger partial charge in [0.2, 0.25) is 16.0 Å². The van der Waals surface area contributed by atoms with Crippen LogP contribution in [0.25, 0.3) is 0 Å². The number of carboxylic acids is 1. The van der Waals surface area contributed by atoms with Gasteiger partial charge >= 0.3 is 12.0 Å². The third-order valence-corrected chi connectivity index (χ3v) is 9.85. The average Bonchev–Trinajstić information content (AvgIpc) is 3.14. The summed E-state index contributed by atoms with van der Waals surface area (Å²) in [6, 6.07) is 4.66. The zero-order valence-corrected chi connectivity index (χ0v) is 27.1. The summed E-state index contributed by atoms with van der Waals surface area (Å²) in [6.45, 7) is 8.49. The molecule has 4 rings (SSSR count). The SMILES string of the molecule is CCN(CC)c1ncc(N(C(C)C)S(C)(=O)=O)c(N[C@@H](Cc2ccc(N3C(=O)N(C)C4(CCCCC4)C3=O)cc2)C(=O)O)n1. The monoisotopic (exact) mass is 629 g/mol.